The molecule has 0 unspecified atom stereocenters. The second-order valence-corrected chi connectivity index (χ2v) is 6.41. The van der Waals surface area contributed by atoms with Crippen LogP contribution in [0.1, 0.15) is 16.1 Å². The standard InChI is InChI=1S/C20H15N3OS/c24-20(18-6-5-15-3-1-2-4-17(15)23-18)22-12-14-7-9-21-19(11-14)16-8-10-25-13-16/h1-11,13H,12H2,(H,22,24). The summed E-state index contributed by atoms with van der Waals surface area (Å²) < 4.78 is 0. The summed E-state index contributed by atoms with van der Waals surface area (Å²) in [4.78, 5) is 21.2. The van der Waals surface area contributed by atoms with Crippen LogP contribution >= 0.6 is 11.3 Å². The minimum absolute atomic E-state index is 0.181. The number of benzene rings is 1. The van der Waals surface area contributed by atoms with E-state index in [4.69, 9.17) is 0 Å². The average Bonchev–Trinajstić information content (AvgIpc) is 3.21. The first-order chi connectivity index (χ1) is 12.3. The summed E-state index contributed by atoms with van der Waals surface area (Å²) in [5.74, 6) is -0.181. The van der Waals surface area contributed by atoms with Gasteiger partial charge in [-0.2, -0.15) is 11.3 Å². The van der Waals surface area contributed by atoms with E-state index in [0.29, 0.717) is 12.2 Å². The van der Waals surface area contributed by atoms with E-state index in [2.05, 4.69) is 20.7 Å². The summed E-state index contributed by atoms with van der Waals surface area (Å²) >= 11 is 1.64. The maximum atomic E-state index is 12.4. The van der Waals surface area contributed by atoms with E-state index < -0.39 is 0 Å². The molecule has 4 nitrogen and oxygen atoms in total. The van der Waals surface area contributed by atoms with Gasteiger partial charge in [-0.15, -0.1) is 0 Å². The highest BCUT2D eigenvalue weighted by atomic mass is 32.1. The van der Waals surface area contributed by atoms with Crippen molar-refractivity contribution < 1.29 is 4.79 Å². The monoisotopic (exact) mass is 345 g/mol. The molecular weight excluding hydrogens is 330 g/mol. The zero-order valence-electron chi connectivity index (χ0n) is 13.3. The molecule has 0 saturated heterocycles. The number of para-hydroxylation sites is 1. The van der Waals surface area contributed by atoms with E-state index in [0.717, 1.165) is 27.7 Å². The van der Waals surface area contributed by atoms with Crippen molar-refractivity contribution in [1.82, 2.24) is 15.3 Å². The molecule has 0 aliphatic rings. The van der Waals surface area contributed by atoms with E-state index in [1.54, 1.807) is 23.6 Å². The average molecular weight is 345 g/mol. The molecule has 0 spiro atoms. The number of carbonyl (C=O) groups is 1. The number of carbonyl (C=O) groups excluding carboxylic acids is 1. The number of pyridine rings is 2. The Bertz CT molecular complexity index is 1030. The molecule has 25 heavy (non-hydrogen) atoms. The van der Waals surface area contributed by atoms with Crippen molar-refractivity contribution in [1.29, 1.82) is 0 Å². The molecule has 0 fully saturated rings. The molecular formula is C20H15N3OS. The molecule has 3 aromatic heterocycles. The van der Waals surface area contributed by atoms with Gasteiger partial charge >= 0.3 is 0 Å². The topological polar surface area (TPSA) is 54.9 Å². The van der Waals surface area contributed by atoms with Gasteiger partial charge in [0, 0.05) is 29.1 Å². The predicted molar refractivity (Wildman–Crippen MR) is 100 cm³/mol. The van der Waals surface area contributed by atoms with Crippen LogP contribution in [0.3, 0.4) is 0 Å². The van der Waals surface area contributed by atoms with Gasteiger partial charge in [-0.05, 0) is 41.3 Å². The van der Waals surface area contributed by atoms with Crippen LogP contribution in [0.25, 0.3) is 22.2 Å². The van der Waals surface area contributed by atoms with Crippen molar-refractivity contribution in [2.24, 2.45) is 0 Å². The number of thiophene rings is 1. The van der Waals surface area contributed by atoms with Crippen LogP contribution < -0.4 is 5.32 Å². The fourth-order valence-electron chi connectivity index (χ4n) is 2.62. The number of hydrogen-bond donors (Lipinski definition) is 1. The largest absolute Gasteiger partial charge is 0.347 e. The van der Waals surface area contributed by atoms with E-state index in [-0.39, 0.29) is 5.91 Å². The van der Waals surface area contributed by atoms with E-state index in [9.17, 15) is 4.79 Å². The van der Waals surface area contributed by atoms with Crippen molar-refractivity contribution >= 4 is 28.1 Å². The Morgan fingerprint density at radius 2 is 2.00 bits per heavy atom. The summed E-state index contributed by atoms with van der Waals surface area (Å²) in [6.45, 7) is 0.437. The highest BCUT2D eigenvalue weighted by Crippen LogP contribution is 2.20. The van der Waals surface area contributed by atoms with E-state index >= 15 is 0 Å². The number of aromatic nitrogens is 2. The van der Waals surface area contributed by atoms with Gasteiger partial charge in [0.2, 0.25) is 0 Å². The van der Waals surface area contributed by atoms with E-state index in [1.807, 2.05) is 53.9 Å². The minimum atomic E-state index is -0.181. The maximum absolute atomic E-state index is 12.4. The van der Waals surface area contributed by atoms with Crippen molar-refractivity contribution in [3.05, 3.63) is 82.8 Å². The third kappa shape index (κ3) is 3.41. The lowest BCUT2D eigenvalue weighted by Gasteiger charge is -2.07. The van der Waals surface area contributed by atoms with Gasteiger partial charge in [-0.3, -0.25) is 9.78 Å². The fourth-order valence-corrected chi connectivity index (χ4v) is 3.27. The predicted octanol–water partition coefficient (Wildman–Crippen LogP) is 4.29. The van der Waals surface area contributed by atoms with Gasteiger partial charge in [0.25, 0.3) is 5.91 Å². The molecule has 4 rings (SSSR count). The SMILES string of the molecule is O=C(NCc1ccnc(-c2ccsc2)c1)c1ccc2ccccc2n1. The van der Waals surface area contributed by atoms with Crippen molar-refractivity contribution in [3.8, 4) is 11.3 Å². The number of nitrogens with one attached hydrogen (secondary N) is 1. The minimum Gasteiger partial charge on any atom is -0.347 e. The first-order valence-corrected chi connectivity index (χ1v) is 8.85. The second-order valence-electron chi connectivity index (χ2n) is 5.63. The van der Waals surface area contributed by atoms with Gasteiger partial charge < -0.3 is 5.32 Å². The van der Waals surface area contributed by atoms with Gasteiger partial charge in [0.1, 0.15) is 5.69 Å². The van der Waals surface area contributed by atoms with Crippen LogP contribution in [0, 0.1) is 0 Å². The van der Waals surface area contributed by atoms with Gasteiger partial charge in [-0.1, -0.05) is 24.3 Å². The molecule has 0 radical (unpaired) electrons. The normalized spacial score (nSPS) is 10.7. The molecule has 3 heterocycles. The van der Waals surface area contributed by atoms with Gasteiger partial charge in [-0.25, -0.2) is 4.98 Å². The summed E-state index contributed by atoms with van der Waals surface area (Å²) in [6.07, 6.45) is 1.77. The number of hydrogen-bond acceptors (Lipinski definition) is 4. The summed E-state index contributed by atoms with van der Waals surface area (Å²) in [6, 6.07) is 17.4. The van der Waals surface area contributed by atoms with Crippen LogP contribution in [0.5, 0.6) is 0 Å². The van der Waals surface area contributed by atoms with Crippen LogP contribution in [0.4, 0.5) is 0 Å². The Balaban J connectivity index is 1.48. The van der Waals surface area contributed by atoms with Crippen LogP contribution in [0.2, 0.25) is 0 Å². The van der Waals surface area contributed by atoms with Gasteiger partial charge in [0.05, 0.1) is 11.2 Å². The smallest absolute Gasteiger partial charge is 0.270 e. The van der Waals surface area contributed by atoms with Gasteiger partial charge in [0.15, 0.2) is 0 Å². The lowest BCUT2D eigenvalue weighted by atomic mass is 10.1. The van der Waals surface area contributed by atoms with Crippen LogP contribution in [0.15, 0.2) is 71.6 Å². The molecule has 1 N–H and O–H groups in total. The Hall–Kier alpha value is -3.05. The van der Waals surface area contributed by atoms with Crippen molar-refractivity contribution in [3.63, 3.8) is 0 Å². The molecule has 0 bridgehead atoms. The number of amides is 1. The molecule has 122 valence electrons. The van der Waals surface area contributed by atoms with Crippen LogP contribution in [-0.2, 0) is 6.54 Å². The number of rotatable bonds is 4. The molecule has 0 saturated carbocycles. The summed E-state index contributed by atoms with van der Waals surface area (Å²) in [7, 11) is 0. The van der Waals surface area contributed by atoms with E-state index in [1.165, 1.54) is 0 Å². The lowest BCUT2D eigenvalue weighted by molar-refractivity contribution is 0.0946. The molecule has 4 aromatic rings. The fraction of sp³-hybridized carbons (Fsp3) is 0.0500. The van der Waals surface area contributed by atoms with Crippen molar-refractivity contribution in [2.45, 2.75) is 6.54 Å². The zero-order valence-corrected chi connectivity index (χ0v) is 14.2. The highest BCUT2D eigenvalue weighted by molar-refractivity contribution is 7.08. The molecule has 0 aliphatic heterocycles. The number of fused-ring (bicyclic) bond motifs is 1. The third-order valence-electron chi connectivity index (χ3n) is 3.93. The summed E-state index contributed by atoms with van der Waals surface area (Å²) in [5.41, 5.74) is 4.25. The first-order valence-electron chi connectivity index (χ1n) is 7.91. The zero-order chi connectivity index (χ0) is 17.1. The molecule has 1 amide bonds. The van der Waals surface area contributed by atoms with Crippen molar-refractivity contribution in [2.75, 3.05) is 0 Å². The maximum Gasteiger partial charge on any atom is 0.270 e. The molecule has 5 heteroatoms. The Morgan fingerprint density at radius 3 is 2.88 bits per heavy atom. The number of nitrogens with zero attached hydrogens (tertiary/aromatic N) is 2. The van der Waals surface area contributed by atoms with Crippen LogP contribution in [-0.4, -0.2) is 15.9 Å². The Labute approximate surface area is 149 Å². The summed E-state index contributed by atoms with van der Waals surface area (Å²) in [5, 5.41) is 8.03. The first kappa shape index (κ1) is 15.5. The second kappa shape index (κ2) is 6.83. The molecule has 0 atom stereocenters. The molecule has 0 aliphatic carbocycles. The molecule has 1 aromatic carbocycles. The quantitative estimate of drug-likeness (QED) is 0.600. The Kier molecular flexibility index (Phi) is 4.23. The lowest BCUT2D eigenvalue weighted by Crippen LogP contribution is -2.23. The Morgan fingerprint density at radius 1 is 1.08 bits per heavy atom. The highest BCUT2D eigenvalue weighted by Gasteiger charge is 2.08. The third-order valence-corrected chi connectivity index (χ3v) is 4.61.